The SMILES string of the molecule is CCCCCCCN(Cc1ccc(OC(C)(C)C(=O)OCC)cc1)C(=O)Nc1c(Cl)cc(Cl)cc1OCC. The molecule has 0 aromatic heterocycles. The van der Waals surface area contributed by atoms with Gasteiger partial charge >= 0.3 is 12.0 Å². The smallest absolute Gasteiger partial charge is 0.349 e. The number of ether oxygens (including phenoxy) is 3. The van der Waals surface area contributed by atoms with Crippen molar-refractivity contribution in [2.24, 2.45) is 0 Å². The molecule has 2 aromatic carbocycles. The molecule has 0 radical (unpaired) electrons. The molecule has 0 bridgehead atoms. The van der Waals surface area contributed by atoms with Crippen LogP contribution < -0.4 is 14.8 Å². The lowest BCUT2D eigenvalue weighted by Crippen LogP contribution is -2.39. The lowest BCUT2D eigenvalue weighted by molar-refractivity contribution is -0.158. The van der Waals surface area contributed by atoms with Gasteiger partial charge in [0.15, 0.2) is 5.60 Å². The van der Waals surface area contributed by atoms with Crippen LogP contribution in [0.15, 0.2) is 36.4 Å². The maximum absolute atomic E-state index is 13.4. The van der Waals surface area contributed by atoms with E-state index in [0.29, 0.717) is 46.9 Å². The van der Waals surface area contributed by atoms with Crippen LogP contribution in [0.2, 0.25) is 10.0 Å². The highest BCUT2D eigenvalue weighted by atomic mass is 35.5. The van der Waals surface area contributed by atoms with E-state index in [1.54, 1.807) is 49.9 Å². The average molecular weight is 568 g/mol. The summed E-state index contributed by atoms with van der Waals surface area (Å²) in [6, 6.07) is 10.3. The van der Waals surface area contributed by atoms with Gasteiger partial charge in [-0.2, -0.15) is 0 Å². The van der Waals surface area contributed by atoms with Gasteiger partial charge in [-0.1, -0.05) is 67.9 Å². The number of hydrogen-bond donors (Lipinski definition) is 1. The number of amides is 2. The van der Waals surface area contributed by atoms with Crippen LogP contribution in [0.4, 0.5) is 10.5 Å². The number of anilines is 1. The van der Waals surface area contributed by atoms with Crippen LogP contribution in [-0.4, -0.2) is 42.3 Å². The van der Waals surface area contributed by atoms with Crippen molar-refractivity contribution in [2.45, 2.75) is 78.9 Å². The first kappa shape index (κ1) is 31.6. The first-order valence-corrected chi connectivity index (χ1v) is 14.0. The largest absolute Gasteiger partial charge is 0.492 e. The third-order valence-electron chi connectivity index (χ3n) is 5.81. The van der Waals surface area contributed by atoms with Crippen molar-refractivity contribution in [1.82, 2.24) is 4.90 Å². The molecule has 0 aliphatic carbocycles. The Morgan fingerprint density at radius 3 is 2.26 bits per heavy atom. The molecule has 0 spiro atoms. The lowest BCUT2D eigenvalue weighted by Gasteiger charge is -2.25. The van der Waals surface area contributed by atoms with Crippen LogP contribution in [0.5, 0.6) is 11.5 Å². The highest BCUT2D eigenvalue weighted by Crippen LogP contribution is 2.36. The highest BCUT2D eigenvalue weighted by Gasteiger charge is 2.31. The molecule has 38 heavy (non-hydrogen) atoms. The Balaban J connectivity index is 2.17. The molecule has 0 heterocycles. The number of nitrogens with zero attached hydrogens (tertiary/aromatic N) is 1. The molecular weight excluding hydrogens is 527 g/mol. The van der Waals surface area contributed by atoms with Gasteiger partial charge in [-0.15, -0.1) is 0 Å². The number of benzene rings is 2. The highest BCUT2D eigenvalue weighted by molar-refractivity contribution is 6.37. The van der Waals surface area contributed by atoms with Gasteiger partial charge in [0.1, 0.15) is 17.2 Å². The minimum atomic E-state index is -1.11. The first-order valence-electron chi connectivity index (χ1n) is 13.2. The van der Waals surface area contributed by atoms with Crippen molar-refractivity contribution < 1.29 is 23.8 Å². The fourth-order valence-electron chi connectivity index (χ4n) is 3.81. The van der Waals surface area contributed by atoms with E-state index in [4.69, 9.17) is 37.4 Å². The summed E-state index contributed by atoms with van der Waals surface area (Å²) >= 11 is 12.5. The Morgan fingerprint density at radius 2 is 1.63 bits per heavy atom. The van der Waals surface area contributed by atoms with Crippen molar-refractivity contribution in [2.75, 3.05) is 25.1 Å². The molecule has 0 fully saturated rings. The molecular formula is C29H40Cl2N2O5. The van der Waals surface area contributed by atoms with Crippen molar-refractivity contribution in [1.29, 1.82) is 0 Å². The quantitative estimate of drug-likeness (QED) is 0.174. The molecule has 0 saturated carbocycles. The van der Waals surface area contributed by atoms with Gasteiger partial charge in [0.25, 0.3) is 0 Å². The van der Waals surface area contributed by atoms with E-state index in [-0.39, 0.29) is 12.6 Å². The summed E-state index contributed by atoms with van der Waals surface area (Å²) in [7, 11) is 0. The number of esters is 1. The molecule has 0 aliphatic rings. The fraction of sp³-hybridized carbons (Fsp3) is 0.517. The Morgan fingerprint density at radius 1 is 0.947 bits per heavy atom. The van der Waals surface area contributed by atoms with E-state index in [0.717, 1.165) is 31.2 Å². The number of rotatable bonds is 15. The molecule has 2 amide bonds. The molecule has 0 unspecified atom stereocenters. The lowest BCUT2D eigenvalue weighted by atomic mass is 10.1. The number of carbonyl (C=O) groups excluding carboxylic acids is 2. The summed E-state index contributed by atoms with van der Waals surface area (Å²) in [5.41, 5.74) is 0.198. The normalized spacial score (nSPS) is 11.1. The summed E-state index contributed by atoms with van der Waals surface area (Å²) in [6.45, 7) is 10.8. The Labute approximate surface area is 236 Å². The van der Waals surface area contributed by atoms with E-state index >= 15 is 0 Å². The van der Waals surface area contributed by atoms with Crippen LogP contribution >= 0.6 is 23.2 Å². The second-order valence-corrected chi connectivity index (χ2v) is 10.3. The van der Waals surface area contributed by atoms with Crippen LogP contribution in [-0.2, 0) is 16.1 Å². The summed E-state index contributed by atoms with van der Waals surface area (Å²) < 4.78 is 16.6. The molecule has 7 nitrogen and oxygen atoms in total. The van der Waals surface area contributed by atoms with Gasteiger partial charge in [-0.25, -0.2) is 9.59 Å². The minimum absolute atomic E-state index is 0.283. The fourth-order valence-corrected chi connectivity index (χ4v) is 4.33. The van der Waals surface area contributed by atoms with Gasteiger partial charge in [0, 0.05) is 24.2 Å². The van der Waals surface area contributed by atoms with Crippen molar-refractivity contribution in [3.05, 3.63) is 52.0 Å². The molecule has 2 aromatic rings. The topological polar surface area (TPSA) is 77.1 Å². The van der Waals surface area contributed by atoms with E-state index in [1.165, 1.54) is 6.42 Å². The van der Waals surface area contributed by atoms with E-state index in [9.17, 15) is 9.59 Å². The first-order chi connectivity index (χ1) is 18.1. The number of unbranched alkanes of at least 4 members (excludes halogenated alkanes) is 4. The van der Waals surface area contributed by atoms with Gasteiger partial charge in [-0.05, 0) is 57.9 Å². The summed E-state index contributed by atoms with van der Waals surface area (Å²) in [5, 5.41) is 3.66. The monoisotopic (exact) mass is 566 g/mol. The summed E-state index contributed by atoms with van der Waals surface area (Å²) in [4.78, 5) is 27.3. The predicted molar refractivity (Wildman–Crippen MR) is 154 cm³/mol. The molecule has 1 N–H and O–H groups in total. The van der Waals surface area contributed by atoms with Gasteiger partial charge in [0.05, 0.1) is 18.2 Å². The number of hydrogen-bond acceptors (Lipinski definition) is 5. The molecule has 0 aliphatic heterocycles. The second kappa shape index (κ2) is 15.7. The zero-order valence-corrected chi connectivity index (χ0v) is 24.6. The van der Waals surface area contributed by atoms with Crippen molar-refractivity contribution >= 4 is 40.9 Å². The molecule has 9 heteroatoms. The zero-order valence-electron chi connectivity index (χ0n) is 23.1. The minimum Gasteiger partial charge on any atom is -0.492 e. The third-order valence-corrected chi connectivity index (χ3v) is 6.32. The summed E-state index contributed by atoms with van der Waals surface area (Å²) in [6.07, 6.45) is 5.38. The maximum Gasteiger partial charge on any atom is 0.349 e. The van der Waals surface area contributed by atoms with Gasteiger partial charge < -0.3 is 24.4 Å². The number of urea groups is 1. The van der Waals surface area contributed by atoms with Crippen LogP contribution in [0.25, 0.3) is 0 Å². The Hall–Kier alpha value is -2.64. The molecule has 210 valence electrons. The predicted octanol–water partition coefficient (Wildman–Crippen LogP) is 8.12. The van der Waals surface area contributed by atoms with Crippen LogP contribution in [0.3, 0.4) is 0 Å². The van der Waals surface area contributed by atoms with Crippen LogP contribution in [0.1, 0.15) is 72.3 Å². The van der Waals surface area contributed by atoms with Crippen LogP contribution in [0, 0.1) is 0 Å². The Kier molecular flexibility index (Phi) is 13.0. The zero-order chi connectivity index (χ0) is 28.1. The Bertz CT molecular complexity index is 1040. The van der Waals surface area contributed by atoms with E-state index in [2.05, 4.69) is 12.2 Å². The summed E-state index contributed by atoms with van der Waals surface area (Å²) in [5.74, 6) is 0.533. The van der Waals surface area contributed by atoms with Gasteiger partial charge in [0.2, 0.25) is 0 Å². The van der Waals surface area contributed by atoms with E-state index < -0.39 is 11.6 Å². The third kappa shape index (κ3) is 9.91. The number of nitrogens with one attached hydrogen (secondary N) is 1. The molecule has 2 rings (SSSR count). The average Bonchev–Trinajstić information content (AvgIpc) is 2.86. The molecule has 0 saturated heterocycles. The van der Waals surface area contributed by atoms with Gasteiger partial charge in [-0.3, -0.25) is 0 Å². The van der Waals surface area contributed by atoms with Crippen molar-refractivity contribution in [3.63, 3.8) is 0 Å². The second-order valence-electron chi connectivity index (χ2n) is 9.44. The van der Waals surface area contributed by atoms with Crippen molar-refractivity contribution in [3.8, 4) is 11.5 Å². The standard InChI is InChI=1S/C29H40Cl2N2O5/c1-6-9-10-11-12-17-33(28(35)32-26-24(31)18-22(30)19-25(26)36-7-2)20-21-13-15-23(16-14-21)38-29(4,5)27(34)37-8-3/h13-16,18-19H,6-12,17,20H2,1-5H3,(H,32,35). The van der Waals surface area contributed by atoms with E-state index in [1.807, 2.05) is 19.1 Å². The maximum atomic E-state index is 13.4. The number of carbonyl (C=O) groups is 2. The molecule has 0 atom stereocenters. The number of halogens is 2.